The molecule has 30 heavy (non-hydrogen) atoms. The summed E-state index contributed by atoms with van der Waals surface area (Å²) in [5.41, 5.74) is 0.167. The van der Waals surface area contributed by atoms with Crippen LogP contribution in [0.15, 0.2) is 28.1 Å². The first-order valence-electron chi connectivity index (χ1n) is 9.20. The molecule has 0 aliphatic carbocycles. The van der Waals surface area contributed by atoms with Crippen molar-refractivity contribution in [1.82, 2.24) is 19.9 Å². The predicted molar refractivity (Wildman–Crippen MR) is 98.6 cm³/mol. The first kappa shape index (κ1) is 20.4. The second-order valence-corrected chi connectivity index (χ2v) is 8.03. The van der Waals surface area contributed by atoms with E-state index >= 15 is 0 Å². The molecule has 2 aliphatic rings. The Hall–Kier alpha value is -2.89. The molecule has 2 saturated heterocycles. The number of hydrogen-bond acceptors (Lipinski definition) is 6. The van der Waals surface area contributed by atoms with Crippen LogP contribution in [0.3, 0.4) is 0 Å². The van der Waals surface area contributed by atoms with E-state index in [0.29, 0.717) is 31.7 Å². The number of halogens is 3. The summed E-state index contributed by atoms with van der Waals surface area (Å²) in [5, 5.41) is 5.71. The van der Waals surface area contributed by atoms with Gasteiger partial charge in [0.1, 0.15) is 13.1 Å². The zero-order chi connectivity index (χ0) is 21.5. The molecule has 4 amide bonds. The highest BCUT2D eigenvalue weighted by atomic mass is 32.1. The second-order valence-electron chi connectivity index (χ2n) is 7.08. The van der Waals surface area contributed by atoms with Gasteiger partial charge in [-0.05, 0) is 24.3 Å². The van der Waals surface area contributed by atoms with Gasteiger partial charge in [0.25, 0.3) is 11.8 Å². The molecule has 2 aliphatic heterocycles. The van der Waals surface area contributed by atoms with Gasteiger partial charge >= 0.3 is 12.2 Å². The average molecular weight is 442 g/mol. The maximum absolute atomic E-state index is 12.7. The number of carbonyl (C=O) groups is 3. The Morgan fingerprint density at radius 1 is 1.27 bits per heavy atom. The molecule has 0 bridgehead atoms. The van der Waals surface area contributed by atoms with Gasteiger partial charge in [-0.1, -0.05) is 11.2 Å². The molecule has 2 aromatic rings. The first-order valence-corrected chi connectivity index (χ1v) is 10.1. The van der Waals surface area contributed by atoms with E-state index in [2.05, 4.69) is 5.16 Å². The summed E-state index contributed by atoms with van der Waals surface area (Å²) in [6.45, 7) is -1.37. The van der Waals surface area contributed by atoms with Crippen molar-refractivity contribution in [2.75, 3.05) is 26.2 Å². The molecule has 0 spiro atoms. The number of imide groups is 1. The minimum absolute atomic E-state index is 0.167. The largest absolute Gasteiger partial charge is 0.406 e. The van der Waals surface area contributed by atoms with E-state index in [1.165, 1.54) is 16.2 Å². The predicted octanol–water partition coefficient (Wildman–Crippen LogP) is 2.83. The Labute approximate surface area is 172 Å². The van der Waals surface area contributed by atoms with Crippen LogP contribution >= 0.6 is 11.3 Å². The van der Waals surface area contributed by atoms with E-state index in [-0.39, 0.29) is 23.0 Å². The summed E-state index contributed by atoms with van der Waals surface area (Å²) in [6.07, 6.45) is -3.92. The van der Waals surface area contributed by atoms with E-state index in [0.717, 1.165) is 4.88 Å². The maximum atomic E-state index is 12.7. The van der Waals surface area contributed by atoms with E-state index in [9.17, 15) is 27.6 Å². The van der Waals surface area contributed by atoms with Crippen LogP contribution in [0.5, 0.6) is 0 Å². The first-order chi connectivity index (χ1) is 14.2. The van der Waals surface area contributed by atoms with Crippen LogP contribution < -0.4 is 0 Å². The van der Waals surface area contributed by atoms with Crippen molar-refractivity contribution in [1.29, 1.82) is 0 Å². The second kappa shape index (κ2) is 7.74. The van der Waals surface area contributed by atoms with Crippen molar-refractivity contribution in [3.8, 4) is 10.6 Å². The number of aromatic nitrogens is 1. The van der Waals surface area contributed by atoms with Gasteiger partial charge in [0.05, 0.1) is 4.88 Å². The minimum Gasteiger partial charge on any atom is -0.355 e. The number of rotatable bonds is 4. The highest BCUT2D eigenvalue weighted by Crippen LogP contribution is 2.28. The monoisotopic (exact) mass is 442 g/mol. The molecule has 0 N–H and O–H groups in total. The van der Waals surface area contributed by atoms with Crippen molar-refractivity contribution in [3.05, 3.63) is 29.3 Å². The number of hydrogen-bond donors (Lipinski definition) is 0. The van der Waals surface area contributed by atoms with Crippen LogP contribution in [0.2, 0.25) is 0 Å². The number of alkyl halides is 3. The number of nitrogens with zero attached hydrogens (tertiary/aromatic N) is 4. The van der Waals surface area contributed by atoms with Crippen LogP contribution in [-0.2, 0) is 4.79 Å². The number of thiophene rings is 1. The van der Waals surface area contributed by atoms with Gasteiger partial charge in [0, 0.05) is 25.2 Å². The van der Waals surface area contributed by atoms with Gasteiger partial charge in [0.2, 0.25) is 0 Å². The average Bonchev–Trinajstić information content (AvgIpc) is 3.44. The maximum Gasteiger partial charge on any atom is 0.406 e. The Balaban J connectivity index is 1.35. The summed E-state index contributed by atoms with van der Waals surface area (Å²) >= 11 is 1.46. The van der Waals surface area contributed by atoms with Crippen LogP contribution in [0, 0.1) is 0 Å². The lowest BCUT2D eigenvalue weighted by Crippen LogP contribution is -2.48. The van der Waals surface area contributed by atoms with Crippen molar-refractivity contribution in [2.24, 2.45) is 0 Å². The lowest BCUT2D eigenvalue weighted by atomic mass is 10.0. The number of likely N-dealkylation sites (tertiary alicyclic amines) is 1. The molecule has 2 aromatic heterocycles. The molecule has 0 atom stereocenters. The fraction of sp³-hybridized carbons (Fsp3) is 0.444. The molecule has 4 rings (SSSR count). The quantitative estimate of drug-likeness (QED) is 0.680. The molecule has 4 heterocycles. The van der Waals surface area contributed by atoms with Gasteiger partial charge in [-0.25, -0.2) is 4.79 Å². The van der Waals surface area contributed by atoms with E-state index < -0.39 is 30.7 Å². The summed E-state index contributed by atoms with van der Waals surface area (Å²) in [5.74, 6) is -0.684. The highest BCUT2D eigenvalue weighted by molar-refractivity contribution is 7.13. The van der Waals surface area contributed by atoms with Crippen molar-refractivity contribution in [2.45, 2.75) is 25.1 Å². The van der Waals surface area contributed by atoms with Gasteiger partial charge < -0.3 is 14.3 Å². The fourth-order valence-electron chi connectivity index (χ4n) is 3.63. The Bertz CT molecular complexity index is 951. The number of carbonyl (C=O) groups excluding carboxylic acids is 3. The third kappa shape index (κ3) is 4.04. The molecule has 0 unspecified atom stereocenters. The highest BCUT2D eigenvalue weighted by Gasteiger charge is 2.45. The Morgan fingerprint density at radius 3 is 2.63 bits per heavy atom. The molecule has 0 saturated carbocycles. The van der Waals surface area contributed by atoms with E-state index in [1.54, 1.807) is 11.0 Å². The van der Waals surface area contributed by atoms with Crippen molar-refractivity contribution in [3.63, 3.8) is 0 Å². The van der Waals surface area contributed by atoms with Crippen LogP contribution in [0.25, 0.3) is 10.6 Å². The van der Waals surface area contributed by atoms with Gasteiger partial charge in [0.15, 0.2) is 11.5 Å². The molecule has 12 heteroatoms. The smallest absolute Gasteiger partial charge is 0.355 e. The summed E-state index contributed by atoms with van der Waals surface area (Å²) in [6, 6.07) is 3.94. The van der Waals surface area contributed by atoms with E-state index in [4.69, 9.17) is 4.52 Å². The Kier molecular flexibility index (Phi) is 5.26. The SMILES string of the molecule is O=C(c1cc(-c2cccs2)on1)N1CCC(N2CC(=O)N(CC(F)(F)F)C2=O)CC1. The third-order valence-electron chi connectivity index (χ3n) is 5.11. The zero-order valence-corrected chi connectivity index (χ0v) is 16.4. The lowest BCUT2D eigenvalue weighted by molar-refractivity contribution is -0.151. The van der Waals surface area contributed by atoms with Gasteiger partial charge in [-0.2, -0.15) is 13.2 Å². The molecule has 0 aromatic carbocycles. The lowest BCUT2D eigenvalue weighted by Gasteiger charge is -2.35. The third-order valence-corrected chi connectivity index (χ3v) is 5.99. The molecule has 2 fully saturated rings. The zero-order valence-electron chi connectivity index (χ0n) is 15.6. The summed E-state index contributed by atoms with van der Waals surface area (Å²) in [7, 11) is 0. The van der Waals surface area contributed by atoms with Gasteiger partial charge in [-0.3, -0.25) is 14.5 Å². The topological polar surface area (TPSA) is 87.0 Å². The number of piperidine rings is 1. The van der Waals surface area contributed by atoms with Crippen molar-refractivity contribution < 1.29 is 32.1 Å². The van der Waals surface area contributed by atoms with Crippen LogP contribution in [-0.4, -0.2) is 76.1 Å². The standard InChI is InChI=1S/C18H17F3N4O4S/c19-18(20,21)10-25-15(26)9-24(17(25)28)11-3-5-23(6-4-11)16(27)12-8-13(29-22-12)14-2-1-7-30-14/h1-2,7-8,11H,3-6,9-10H2. The number of urea groups is 1. The molecule has 0 radical (unpaired) electrons. The van der Waals surface area contributed by atoms with Crippen molar-refractivity contribution >= 4 is 29.2 Å². The molecular weight excluding hydrogens is 425 g/mol. The normalized spacial score (nSPS) is 18.6. The minimum atomic E-state index is -4.64. The fourth-order valence-corrected chi connectivity index (χ4v) is 4.31. The number of amides is 4. The van der Waals surface area contributed by atoms with Crippen LogP contribution in [0.1, 0.15) is 23.3 Å². The molecule has 160 valence electrons. The van der Waals surface area contributed by atoms with E-state index in [1.807, 2.05) is 17.5 Å². The van der Waals surface area contributed by atoms with Crippen LogP contribution in [0.4, 0.5) is 18.0 Å². The summed E-state index contributed by atoms with van der Waals surface area (Å²) in [4.78, 5) is 40.6. The van der Waals surface area contributed by atoms with Gasteiger partial charge in [-0.15, -0.1) is 11.3 Å². The Morgan fingerprint density at radius 2 is 2.00 bits per heavy atom. The summed E-state index contributed by atoms with van der Waals surface area (Å²) < 4.78 is 43.0. The molecular formula is C18H17F3N4O4S. The molecule has 8 nitrogen and oxygen atoms in total.